The van der Waals surface area contributed by atoms with Crippen molar-refractivity contribution in [3.8, 4) is 0 Å². The second-order valence-electron chi connectivity index (χ2n) is 5.76. The number of hydrogen-bond donors (Lipinski definition) is 1. The molecule has 0 saturated carbocycles. The van der Waals surface area contributed by atoms with E-state index < -0.39 is 0 Å². The Kier molecular flexibility index (Phi) is 3.44. The summed E-state index contributed by atoms with van der Waals surface area (Å²) >= 11 is 0. The van der Waals surface area contributed by atoms with E-state index in [1.54, 1.807) is 0 Å². The van der Waals surface area contributed by atoms with E-state index in [1.807, 2.05) is 0 Å². The van der Waals surface area contributed by atoms with Crippen molar-refractivity contribution in [3.05, 3.63) is 44.5 Å². The number of benzene rings is 2. The molecule has 102 valence electrons. The Labute approximate surface area is 116 Å². The highest BCUT2D eigenvalue weighted by atomic mass is 16.3. The maximum Gasteiger partial charge on any atom is 0.0687 e. The first-order chi connectivity index (χ1) is 8.82. The van der Waals surface area contributed by atoms with Crippen molar-refractivity contribution < 1.29 is 5.11 Å². The highest BCUT2D eigenvalue weighted by Gasteiger charge is 2.17. The zero-order valence-electron chi connectivity index (χ0n) is 13.2. The van der Waals surface area contributed by atoms with E-state index in [1.165, 1.54) is 49.7 Å². The van der Waals surface area contributed by atoms with E-state index in [2.05, 4.69) is 48.5 Å². The predicted octanol–water partition coefficient (Wildman–Crippen LogP) is 4.49. The lowest BCUT2D eigenvalue weighted by Gasteiger charge is -2.22. The van der Waals surface area contributed by atoms with Crippen LogP contribution < -0.4 is 0 Å². The Morgan fingerprint density at radius 2 is 0.895 bits per heavy atom. The predicted molar refractivity (Wildman–Crippen MR) is 83.0 cm³/mol. The topological polar surface area (TPSA) is 20.2 Å². The van der Waals surface area contributed by atoms with Crippen LogP contribution in [-0.2, 0) is 6.61 Å². The van der Waals surface area contributed by atoms with Crippen LogP contribution >= 0.6 is 0 Å². The minimum Gasteiger partial charge on any atom is -0.392 e. The molecule has 1 heteroatoms. The molecule has 0 aromatic heterocycles. The van der Waals surface area contributed by atoms with Crippen molar-refractivity contribution in [2.75, 3.05) is 0 Å². The van der Waals surface area contributed by atoms with Crippen LogP contribution in [0.1, 0.15) is 44.5 Å². The van der Waals surface area contributed by atoms with Crippen LogP contribution in [0.4, 0.5) is 0 Å². The fourth-order valence-electron chi connectivity index (χ4n) is 3.33. The van der Waals surface area contributed by atoms with Gasteiger partial charge in [-0.3, -0.25) is 0 Å². The van der Waals surface area contributed by atoms with Gasteiger partial charge in [-0.1, -0.05) is 0 Å². The minimum absolute atomic E-state index is 0.125. The van der Waals surface area contributed by atoms with Crippen LogP contribution in [0, 0.1) is 48.5 Å². The molecule has 0 bridgehead atoms. The summed E-state index contributed by atoms with van der Waals surface area (Å²) in [6.45, 7) is 15.4. The Hall–Kier alpha value is -1.34. The zero-order valence-corrected chi connectivity index (χ0v) is 13.2. The van der Waals surface area contributed by atoms with Gasteiger partial charge in [0, 0.05) is 0 Å². The molecule has 0 fully saturated rings. The molecule has 0 spiro atoms. The molecule has 0 aliphatic rings. The van der Waals surface area contributed by atoms with Crippen molar-refractivity contribution >= 4 is 10.8 Å². The third-order valence-corrected chi connectivity index (χ3v) is 5.06. The summed E-state index contributed by atoms with van der Waals surface area (Å²) < 4.78 is 0. The molecule has 0 amide bonds. The van der Waals surface area contributed by atoms with Crippen LogP contribution in [0.3, 0.4) is 0 Å². The third-order valence-electron chi connectivity index (χ3n) is 5.06. The number of aliphatic hydroxyl groups excluding tert-OH is 1. The summed E-state index contributed by atoms with van der Waals surface area (Å²) in [5.74, 6) is 0. The minimum atomic E-state index is 0.125. The van der Waals surface area contributed by atoms with Crippen molar-refractivity contribution in [1.82, 2.24) is 0 Å². The Bertz CT molecular complexity index is 679. The zero-order chi connectivity index (χ0) is 14.5. The Morgan fingerprint density at radius 1 is 0.526 bits per heavy atom. The highest BCUT2D eigenvalue weighted by molar-refractivity contribution is 5.97. The summed E-state index contributed by atoms with van der Waals surface area (Å²) in [5, 5.41) is 12.4. The van der Waals surface area contributed by atoms with E-state index >= 15 is 0 Å². The first-order valence-electron chi connectivity index (χ1n) is 6.92. The number of aliphatic hydroxyl groups is 1. The van der Waals surface area contributed by atoms with Gasteiger partial charge >= 0.3 is 0 Å². The molecule has 1 nitrogen and oxygen atoms in total. The molecule has 2 aromatic rings. The molecule has 0 unspecified atom stereocenters. The van der Waals surface area contributed by atoms with Gasteiger partial charge in [0.2, 0.25) is 0 Å². The van der Waals surface area contributed by atoms with E-state index in [4.69, 9.17) is 0 Å². The number of aryl methyl sites for hydroxylation is 4. The van der Waals surface area contributed by atoms with Crippen LogP contribution in [-0.4, -0.2) is 5.11 Å². The van der Waals surface area contributed by atoms with E-state index in [0.29, 0.717) is 0 Å². The molecule has 19 heavy (non-hydrogen) atoms. The van der Waals surface area contributed by atoms with Gasteiger partial charge in [-0.2, -0.15) is 0 Å². The second kappa shape index (κ2) is 4.64. The molecule has 0 aliphatic heterocycles. The van der Waals surface area contributed by atoms with Crippen molar-refractivity contribution in [2.45, 2.75) is 55.1 Å². The van der Waals surface area contributed by atoms with Crippen LogP contribution in [0.2, 0.25) is 0 Å². The van der Waals surface area contributed by atoms with E-state index in [9.17, 15) is 5.11 Å². The number of hydrogen-bond acceptors (Lipinski definition) is 1. The van der Waals surface area contributed by atoms with Crippen molar-refractivity contribution in [3.63, 3.8) is 0 Å². The molecule has 0 heterocycles. The van der Waals surface area contributed by atoms with Crippen LogP contribution in [0.25, 0.3) is 10.8 Å². The van der Waals surface area contributed by atoms with Gasteiger partial charge in [-0.15, -0.1) is 0 Å². The summed E-state index contributed by atoms with van der Waals surface area (Å²) in [6.07, 6.45) is 0. The van der Waals surface area contributed by atoms with Gasteiger partial charge in [0.25, 0.3) is 0 Å². The Morgan fingerprint density at radius 3 is 1.32 bits per heavy atom. The standard InChI is InChI=1S/C18H24O/c1-9-10(2)13(5)18-15(7)16(8-19)11(3)14(6)17(18)12(9)4/h19H,8H2,1-7H3. The fourth-order valence-corrected chi connectivity index (χ4v) is 3.33. The maximum absolute atomic E-state index is 9.67. The van der Waals surface area contributed by atoms with Crippen LogP contribution in [0.15, 0.2) is 0 Å². The number of rotatable bonds is 1. The summed E-state index contributed by atoms with van der Waals surface area (Å²) in [4.78, 5) is 0. The maximum atomic E-state index is 9.67. The van der Waals surface area contributed by atoms with E-state index in [0.717, 1.165) is 5.56 Å². The first-order valence-corrected chi connectivity index (χ1v) is 6.92. The highest BCUT2D eigenvalue weighted by Crippen LogP contribution is 2.37. The molecule has 1 N–H and O–H groups in total. The normalized spacial score (nSPS) is 11.4. The average Bonchev–Trinajstić information content (AvgIpc) is 2.38. The first kappa shape index (κ1) is 14.1. The summed E-state index contributed by atoms with van der Waals surface area (Å²) in [7, 11) is 0. The largest absolute Gasteiger partial charge is 0.392 e. The van der Waals surface area contributed by atoms with Gasteiger partial charge in [0.05, 0.1) is 6.61 Å². The lowest BCUT2D eigenvalue weighted by molar-refractivity contribution is 0.280. The van der Waals surface area contributed by atoms with Gasteiger partial charge in [-0.05, 0) is 104 Å². The second-order valence-corrected chi connectivity index (χ2v) is 5.76. The summed E-state index contributed by atoms with van der Waals surface area (Å²) in [6, 6.07) is 0. The quantitative estimate of drug-likeness (QED) is 0.797. The number of fused-ring (bicyclic) bond motifs is 1. The lowest BCUT2D eigenvalue weighted by atomic mass is 9.83. The smallest absolute Gasteiger partial charge is 0.0687 e. The molecule has 2 rings (SSSR count). The molecule has 0 saturated heterocycles. The molecule has 0 aliphatic carbocycles. The average molecular weight is 256 g/mol. The third kappa shape index (κ3) is 1.80. The Balaban J connectivity index is 3.18. The van der Waals surface area contributed by atoms with Crippen molar-refractivity contribution in [1.29, 1.82) is 0 Å². The van der Waals surface area contributed by atoms with Gasteiger partial charge in [-0.25, -0.2) is 0 Å². The molecule has 0 radical (unpaired) electrons. The molecular weight excluding hydrogens is 232 g/mol. The fraction of sp³-hybridized carbons (Fsp3) is 0.444. The SMILES string of the molecule is Cc1c(C)c(C)c2c(C)c(CO)c(C)c(C)c2c1C. The molecular formula is C18H24O. The van der Waals surface area contributed by atoms with Crippen LogP contribution in [0.5, 0.6) is 0 Å². The van der Waals surface area contributed by atoms with Gasteiger partial charge in [0.1, 0.15) is 0 Å². The van der Waals surface area contributed by atoms with Crippen molar-refractivity contribution in [2.24, 2.45) is 0 Å². The summed E-state index contributed by atoms with van der Waals surface area (Å²) in [5.41, 5.74) is 10.4. The molecule has 2 aromatic carbocycles. The molecule has 0 atom stereocenters. The van der Waals surface area contributed by atoms with Gasteiger partial charge < -0.3 is 5.11 Å². The van der Waals surface area contributed by atoms with E-state index in [-0.39, 0.29) is 6.61 Å². The monoisotopic (exact) mass is 256 g/mol. The van der Waals surface area contributed by atoms with Gasteiger partial charge in [0.15, 0.2) is 0 Å². The lowest BCUT2D eigenvalue weighted by Crippen LogP contribution is -2.03.